The number of nitro benzene ring substituents is 1. The summed E-state index contributed by atoms with van der Waals surface area (Å²) >= 11 is 0. The van der Waals surface area contributed by atoms with Gasteiger partial charge in [-0.15, -0.1) is 0 Å². The summed E-state index contributed by atoms with van der Waals surface area (Å²) in [6.07, 6.45) is 3.31. The van der Waals surface area contributed by atoms with Gasteiger partial charge in [0.1, 0.15) is 0 Å². The Hall–Kier alpha value is -2.19. The predicted octanol–water partition coefficient (Wildman–Crippen LogP) is 1.44. The van der Waals surface area contributed by atoms with E-state index in [1.165, 1.54) is 12.1 Å². The van der Waals surface area contributed by atoms with Gasteiger partial charge in [-0.3, -0.25) is 10.1 Å². The Morgan fingerprint density at radius 1 is 1.53 bits per heavy atom. The van der Waals surface area contributed by atoms with Gasteiger partial charge >= 0.3 is 0 Å². The molecular formula is C10H9N3O2. The van der Waals surface area contributed by atoms with Gasteiger partial charge in [0, 0.05) is 18.7 Å². The monoisotopic (exact) mass is 203 g/mol. The Bertz CT molecular complexity index is 446. The van der Waals surface area contributed by atoms with Crippen molar-refractivity contribution in [3.63, 3.8) is 0 Å². The van der Waals surface area contributed by atoms with Crippen molar-refractivity contribution in [3.05, 3.63) is 45.5 Å². The minimum Gasteiger partial charge on any atom is -0.327 e. The molecule has 0 unspecified atom stereocenters. The van der Waals surface area contributed by atoms with Crippen LogP contribution < -0.4 is 5.73 Å². The fraction of sp³-hybridized carbons (Fsp3) is 0.100. The first-order valence-electron chi connectivity index (χ1n) is 4.23. The molecule has 1 aromatic rings. The van der Waals surface area contributed by atoms with Crippen LogP contribution in [0.15, 0.2) is 24.3 Å². The number of rotatable bonds is 3. The largest absolute Gasteiger partial charge is 0.327 e. The topological polar surface area (TPSA) is 93.0 Å². The molecule has 0 aliphatic heterocycles. The van der Waals surface area contributed by atoms with E-state index in [4.69, 9.17) is 11.0 Å². The summed E-state index contributed by atoms with van der Waals surface area (Å²) < 4.78 is 0. The van der Waals surface area contributed by atoms with Crippen LogP contribution in [0, 0.1) is 21.4 Å². The highest BCUT2D eigenvalue weighted by molar-refractivity contribution is 5.57. The normalized spacial score (nSPS) is 10.1. The number of hydrogen-bond donors (Lipinski definition) is 1. The van der Waals surface area contributed by atoms with Crippen molar-refractivity contribution in [1.29, 1.82) is 5.26 Å². The smallest absolute Gasteiger partial charge is 0.271 e. The van der Waals surface area contributed by atoms with E-state index in [0.29, 0.717) is 12.1 Å². The quantitative estimate of drug-likeness (QED) is 0.594. The van der Waals surface area contributed by atoms with Crippen LogP contribution in [0.2, 0.25) is 0 Å². The molecule has 5 heteroatoms. The molecule has 0 bridgehead atoms. The molecule has 0 spiro atoms. The summed E-state index contributed by atoms with van der Waals surface area (Å²) in [6.45, 7) is 0.352. The maximum absolute atomic E-state index is 10.5. The summed E-state index contributed by atoms with van der Waals surface area (Å²) in [5.41, 5.74) is 6.03. The summed E-state index contributed by atoms with van der Waals surface area (Å²) in [5, 5.41) is 19.2. The molecule has 15 heavy (non-hydrogen) atoms. The van der Waals surface area contributed by atoms with Gasteiger partial charge in [0.15, 0.2) is 0 Å². The van der Waals surface area contributed by atoms with Gasteiger partial charge in [0.2, 0.25) is 0 Å². The first-order valence-corrected chi connectivity index (χ1v) is 4.23. The zero-order chi connectivity index (χ0) is 11.3. The average Bonchev–Trinajstić information content (AvgIpc) is 2.25. The third-order valence-electron chi connectivity index (χ3n) is 1.73. The number of nitrogens with two attached hydrogens (primary N) is 1. The highest BCUT2D eigenvalue weighted by atomic mass is 16.6. The Labute approximate surface area is 86.6 Å². The molecule has 0 fully saturated rings. The molecule has 0 saturated carbocycles. The molecule has 5 nitrogen and oxygen atoms in total. The second-order valence-electron chi connectivity index (χ2n) is 2.82. The molecule has 0 atom stereocenters. The molecule has 0 radical (unpaired) electrons. The van der Waals surface area contributed by atoms with Gasteiger partial charge in [-0.05, 0) is 11.6 Å². The maximum Gasteiger partial charge on any atom is 0.271 e. The number of nitriles is 1. The summed E-state index contributed by atoms with van der Waals surface area (Å²) in [5.74, 6) is 0. The van der Waals surface area contributed by atoms with Crippen LogP contribution in [0.1, 0.15) is 11.1 Å². The van der Waals surface area contributed by atoms with E-state index < -0.39 is 4.92 Å². The van der Waals surface area contributed by atoms with Crippen LogP contribution in [0.25, 0.3) is 6.08 Å². The van der Waals surface area contributed by atoms with Gasteiger partial charge in [-0.1, -0.05) is 12.2 Å². The number of non-ortho nitro benzene ring substituents is 1. The van der Waals surface area contributed by atoms with Crippen molar-refractivity contribution >= 4 is 11.8 Å². The minimum absolute atomic E-state index is 0.0919. The van der Waals surface area contributed by atoms with Crippen LogP contribution in [0.4, 0.5) is 5.69 Å². The van der Waals surface area contributed by atoms with E-state index in [-0.39, 0.29) is 11.3 Å². The molecule has 0 aromatic heterocycles. The van der Waals surface area contributed by atoms with Crippen molar-refractivity contribution < 1.29 is 4.92 Å². The first-order chi connectivity index (χ1) is 7.17. The summed E-state index contributed by atoms with van der Waals surface area (Å²) in [4.78, 5) is 10.0. The number of nitro groups is 1. The van der Waals surface area contributed by atoms with Crippen LogP contribution in [-0.4, -0.2) is 11.5 Å². The zero-order valence-corrected chi connectivity index (χ0v) is 7.88. The van der Waals surface area contributed by atoms with Crippen LogP contribution in [0.3, 0.4) is 0 Å². The van der Waals surface area contributed by atoms with Crippen molar-refractivity contribution in [1.82, 2.24) is 0 Å². The SMILES string of the molecule is N#Cc1cc(C=CCN)cc([N+](=O)[O-])c1. The van der Waals surface area contributed by atoms with E-state index in [0.717, 1.165) is 0 Å². The number of hydrogen-bond acceptors (Lipinski definition) is 4. The minimum atomic E-state index is -0.527. The molecule has 0 saturated heterocycles. The molecule has 76 valence electrons. The average molecular weight is 203 g/mol. The number of benzene rings is 1. The van der Waals surface area contributed by atoms with Crippen LogP contribution in [-0.2, 0) is 0 Å². The lowest BCUT2D eigenvalue weighted by molar-refractivity contribution is -0.384. The Balaban J connectivity index is 3.18. The van der Waals surface area contributed by atoms with Gasteiger partial charge < -0.3 is 5.73 Å². The summed E-state index contributed by atoms with van der Waals surface area (Å²) in [7, 11) is 0. The van der Waals surface area contributed by atoms with E-state index in [1.54, 1.807) is 18.2 Å². The second kappa shape index (κ2) is 4.88. The molecule has 2 N–H and O–H groups in total. The molecule has 0 aliphatic carbocycles. The zero-order valence-electron chi connectivity index (χ0n) is 7.88. The molecule has 0 aliphatic rings. The van der Waals surface area contributed by atoms with Gasteiger partial charge in [-0.2, -0.15) is 5.26 Å². The van der Waals surface area contributed by atoms with Gasteiger partial charge in [0.05, 0.1) is 16.6 Å². The fourth-order valence-electron chi connectivity index (χ4n) is 1.10. The predicted molar refractivity (Wildman–Crippen MR) is 55.9 cm³/mol. The Morgan fingerprint density at radius 2 is 2.27 bits per heavy atom. The lowest BCUT2D eigenvalue weighted by Gasteiger charge is -1.96. The van der Waals surface area contributed by atoms with Crippen LogP contribution >= 0.6 is 0 Å². The van der Waals surface area contributed by atoms with E-state index >= 15 is 0 Å². The standard InChI is InChI=1S/C10H9N3O2/c11-3-1-2-8-4-9(7-12)6-10(5-8)13(14)15/h1-2,4-6H,3,11H2. The van der Waals surface area contributed by atoms with Crippen molar-refractivity contribution in [2.24, 2.45) is 5.73 Å². The highest BCUT2D eigenvalue weighted by Crippen LogP contribution is 2.17. The summed E-state index contributed by atoms with van der Waals surface area (Å²) in [6, 6.07) is 6.07. The van der Waals surface area contributed by atoms with Gasteiger partial charge in [0.25, 0.3) is 5.69 Å². The molecule has 1 rings (SSSR count). The maximum atomic E-state index is 10.5. The Morgan fingerprint density at radius 3 is 2.80 bits per heavy atom. The van der Waals surface area contributed by atoms with E-state index in [1.807, 2.05) is 6.07 Å². The van der Waals surface area contributed by atoms with Crippen molar-refractivity contribution in [2.45, 2.75) is 0 Å². The van der Waals surface area contributed by atoms with Crippen molar-refractivity contribution in [3.8, 4) is 6.07 Å². The molecule has 1 aromatic carbocycles. The molecule has 0 amide bonds. The third kappa shape index (κ3) is 2.90. The second-order valence-corrected chi connectivity index (χ2v) is 2.82. The molecular weight excluding hydrogens is 194 g/mol. The van der Waals surface area contributed by atoms with Crippen molar-refractivity contribution in [2.75, 3.05) is 6.54 Å². The lowest BCUT2D eigenvalue weighted by atomic mass is 10.1. The first kappa shape index (κ1) is 10.9. The Kier molecular flexibility index (Phi) is 3.55. The fourth-order valence-corrected chi connectivity index (χ4v) is 1.10. The lowest BCUT2D eigenvalue weighted by Crippen LogP contribution is -1.93. The number of nitrogens with zero attached hydrogens (tertiary/aromatic N) is 2. The third-order valence-corrected chi connectivity index (χ3v) is 1.73. The molecule has 0 heterocycles. The highest BCUT2D eigenvalue weighted by Gasteiger charge is 2.07. The van der Waals surface area contributed by atoms with Crippen LogP contribution in [0.5, 0.6) is 0 Å². The van der Waals surface area contributed by atoms with E-state index in [2.05, 4.69) is 0 Å². The van der Waals surface area contributed by atoms with Gasteiger partial charge in [-0.25, -0.2) is 0 Å². The van der Waals surface area contributed by atoms with E-state index in [9.17, 15) is 10.1 Å².